The van der Waals surface area contributed by atoms with E-state index in [1.54, 1.807) is 0 Å². The van der Waals surface area contributed by atoms with E-state index in [9.17, 15) is 0 Å². The number of hydrogen-bond acceptors (Lipinski definition) is 4. The van der Waals surface area contributed by atoms with Crippen molar-refractivity contribution in [2.75, 3.05) is 0 Å². The average Bonchev–Trinajstić information content (AvgIpc) is 3.74. The third-order valence-electron chi connectivity index (χ3n) is 9.46. The van der Waals surface area contributed by atoms with E-state index in [1.165, 1.54) is 42.0 Å². The summed E-state index contributed by atoms with van der Waals surface area (Å²) in [4.78, 5) is 15.0. The first-order valence-corrected chi connectivity index (χ1v) is 17.5. The van der Waals surface area contributed by atoms with Crippen molar-refractivity contribution < 1.29 is 0 Å². The maximum Gasteiger partial charge on any atom is 0.164 e. The van der Waals surface area contributed by atoms with Gasteiger partial charge in [0.1, 0.15) is 0 Å². The summed E-state index contributed by atoms with van der Waals surface area (Å²) in [5.74, 6) is 1.93. The van der Waals surface area contributed by atoms with Crippen molar-refractivity contribution in [3.05, 3.63) is 170 Å². The molecule has 0 spiro atoms. The second-order valence-corrected chi connectivity index (χ2v) is 13.5. The van der Waals surface area contributed by atoms with Gasteiger partial charge in [-0.3, -0.25) is 0 Å². The Morgan fingerprint density at radius 3 is 1.72 bits per heavy atom. The lowest BCUT2D eigenvalue weighted by Crippen LogP contribution is -2.00. The summed E-state index contributed by atoms with van der Waals surface area (Å²) in [5.41, 5.74) is 8.58. The molecule has 0 saturated heterocycles. The maximum absolute atomic E-state index is 5.05. The van der Waals surface area contributed by atoms with Gasteiger partial charge in [0.05, 0.1) is 11.0 Å². The number of aromatic nitrogens is 4. The van der Waals surface area contributed by atoms with Gasteiger partial charge >= 0.3 is 0 Å². The topological polar surface area (TPSA) is 43.6 Å². The summed E-state index contributed by atoms with van der Waals surface area (Å²) < 4.78 is 5.02. The highest BCUT2D eigenvalue weighted by Gasteiger charge is 2.18. The van der Waals surface area contributed by atoms with Crippen LogP contribution in [0.5, 0.6) is 0 Å². The molecule has 3 aromatic heterocycles. The quantitative estimate of drug-likeness (QED) is 0.185. The molecule has 10 rings (SSSR count). The van der Waals surface area contributed by atoms with Crippen molar-refractivity contribution in [3.63, 3.8) is 0 Å². The summed E-state index contributed by atoms with van der Waals surface area (Å²) in [6.45, 7) is 0. The minimum atomic E-state index is 0.639. The zero-order valence-electron chi connectivity index (χ0n) is 26.9. The summed E-state index contributed by atoms with van der Waals surface area (Å²) in [6.07, 6.45) is 0. The number of nitrogens with zero attached hydrogens (tertiary/aromatic N) is 4. The van der Waals surface area contributed by atoms with Crippen molar-refractivity contribution in [1.82, 2.24) is 19.5 Å². The summed E-state index contributed by atoms with van der Waals surface area (Å²) in [6, 6.07) is 59.5. The highest BCUT2D eigenvalue weighted by Crippen LogP contribution is 2.43. The van der Waals surface area contributed by atoms with Crippen LogP contribution in [0.4, 0.5) is 0 Å². The summed E-state index contributed by atoms with van der Waals surface area (Å²) in [7, 11) is 0. The van der Waals surface area contributed by atoms with Crippen molar-refractivity contribution in [2.45, 2.75) is 0 Å². The fourth-order valence-electron chi connectivity index (χ4n) is 7.09. The largest absolute Gasteiger partial charge is 0.309 e. The van der Waals surface area contributed by atoms with E-state index in [0.29, 0.717) is 17.5 Å². The van der Waals surface area contributed by atoms with Gasteiger partial charge in [0.15, 0.2) is 17.5 Å². The Bertz CT molecular complexity index is 2850. The summed E-state index contributed by atoms with van der Waals surface area (Å²) in [5, 5.41) is 5.19. The normalized spacial score (nSPS) is 11.6. The van der Waals surface area contributed by atoms with E-state index in [0.717, 1.165) is 33.5 Å². The number of rotatable bonds is 5. The SMILES string of the molecule is c1ccc(-c2cccc(-c3nc(-c4ccccc4)nc(-c4ccc(-n5c6ccccc6c6c7sc8ccccc8c7ccc65)cc4)n3)c2)cc1. The van der Waals surface area contributed by atoms with Gasteiger partial charge in [0, 0.05) is 53.3 Å². The molecule has 50 heavy (non-hydrogen) atoms. The Morgan fingerprint density at radius 1 is 0.380 bits per heavy atom. The van der Waals surface area contributed by atoms with Crippen LogP contribution in [0.25, 0.3) is 93.0 Å². The van der Waals surface area contributed by atoms with Crippen LogP contribution in [0.15, 0.2) is 170 Å². The molecule has 3 heterocycles. The van der Waals surface area contributed by atoms with Gasteiger partial charge in [-0.05, 0) is 59.7 Å². The van der Waals surface area contributed by atoms with Gasteiger partial charge in [-0.15, -0.1) is 11.3 Å². The van der Waals surface area contributed by atoms with Crippen LogP contribution in [0.3, 0.4) is 0 Å². The van der Waals surface area contributed by atoms with E-state index >= 15 is 0 Å². The monoisotopic (exact) mass is 656 g/mol. The van der Waals surface area contributed by atoms with E-state index in [4.69, 9.17) is 15.0 Å². The molecular weight excluding hydrogens is 629 g/mol. The molecular formula is C45H28N4S. The smallest absolute Gasteiger partial charge is 0.164 e. The van der Waals surface area contributed by atoms with Gasteiger partial charge in [0.2, 0.25) is 0 Å². The first-order valence-electron chi connectivity index (χ1n) is 16.7. The predicted molar refractivity (Wildman–Crippen MR) is 209 cm³/mol. The van der Waals surface area contributed by atoms with E-state index < -0.39 is 0 Å². The van der Waals surface area contributed by atoms with Crippen LogP contribution in [-0.2, 0) is 0 Å². The molecule has 0 aliphatic heterocycles. The second kappa shape index (κ2) is 11.6. The van der Waals surface area contributed by atoms with Gasteiger partial charge in [-0.2, -0.15) is 0 Å². The van der Waals surface area contributed by atoms with Crippen molar-refractivity contribution in [2.24, 2.45) is 0 Å². The highest BCUT2D eigenvalue weighted by atomic mass is 32.1. The third kappa shape index (κ3) is 4.71. The molecule has 0 atom stereocenters. The first-order chi connectivity index (χ1) is 24.8. The first kappa shape index (κ1) is 28.6. The molecule has 5 heteroatoms. The van der Waals surface area contributed by atoms with Gasteiger partial charge < -0.3 is 4.57 Å². The van der Waals surface area contributed by atoms with Crippen molar-refractivity contribution in [3.8, 4) is 51.0 Å². The third-order valence-corrected chi connectivity index (χ3v) is 10.7. The molecule has 10 aromatic rings. The zero-order valence-corrected chi connectivity index (χ0v) is 27.7. The number of fused-ring (bicyclic) bond motifs is 7. The molecule has 0 saturated carbocycles. The van der Waals surface area contributed by atoms with Gasteiger partial charge in [-0.25, -0.2) is 15.0 Å². The predicted octanol–water partition coefficient (Wildman–Crippen LogP) is 12.0. The van der Waals surface area contributed by atoms with E-state index in [1.807, 2.05) is 47.7 Å². The molecule has 0 aliphatic carbocycles. The van der Waals surface area contributed by atoms with Gasteiger partial charge in [-0.1, -0.05) is 121 Å². The second-order valence-electron chi connectivity index (χ2n) is 12.5. The van der Waals surface area contributed by atoms with Crippen LogP contribution >= 0.6 is 11.3 Å². The fourth-order valence-corrected chi connectivity index (χ4v) is 8.35. The Hall–Kier alpha value is -6.43. The van der Waals surface area contributed by atoms with Crippen molar-refractivity contribution >= 4 is 53.3 Å². The number of para-hydroxylation sites is 1. The number of benzene rings is 7. The minimum Gasteiger partial charge on any atom is -0.309 e. The lowest BCUT2D eigenvalue weighted by atomic mass is 10.0. The highest BCUT2D eigenvalue weighted by molar-refractivity contribution is 7.26. The summed E-state index contributed by atoms with van der Waals surface area (Å²) >= 11 is 1.88. The molecule has 0 bridgehead atoms. The zero-order chi connectivity index (χ0) is 33.0. The molecule has 0 aliphatic rings. The molecule has 4 nitrogen and oxygen atoms in total. The fraction of sp³-hybridized carbons (Fsp3) is 0. The van der Waals surface area contributed by atoms with Crippen LogP contribution in [0.2, 0.25) is 0 Å². The molecule has 7 aromatic carbocycles. The van der Waals surface area contributed by atoms with E-state index in [-0.39, 0.29) is 0 Å². The van der Waals surface area contributed by atoms with Crippen molar-refractivity contribution in [1.29, 1.82) is 0 Å². The number of hydrogen-bond donors (Lipinski definition) is 0. The van der Waals surface area contributed by atoms with Gasteiger partial charge in [0.25, 0.3) is 0 Å². The average molecular weight is 657 g/mol. The van der Waals surface area contributed by atoms with Crippen LogP contribution < -0.4 is 0 Å². The molecule has 234 valence electrons. The standard InChI is InChI=1S/C45H28N4S/c1-3-12-29(13-4-1)32-16-11-17-33(28-32)45-47-43(30-14-5-2-6-15-30)46-44(48-45)31-22-24-34(25-23-31)49-38-20-9-7-19-37(38)41-39(49)27-26-36-35-18-8-10-21-40(35)50-42(36)41/h1-28H. The number of thiophene rings is 1. The molecule has 0 amide bonds. The molecule has 0 unspecified atom stereocenters. The lowest BCUT2D eigenvalue weighted by molar-refractivity contribution is 1.07. The lowest BCUT2D eigenvalue weighted by Gasteiger charge is -2.11. The Labute approximate surface area is 292 Å². The van der Waals surface area contributed by atoms with E-state index in [2.05, 4.69) is 138 Å². The molecule has 0 radical (unpaired) electrons. The molecule has 0 fully saturated rings. The minimum absolute atomic E-state index is 0.639. The molecule has 0 N–H and O–H groups in total. The van der Waals surface area contributed by atoms with Crippen LogP contribution in [-0.4, -0.2) is 19.5 Å². The Morgan fingerprint density at radius 2 is 0.960 bits per heavy atom. The Balaban J connectivity index is 1.11. The maximum atomic E-state index is 5.05. The Kier molecular flexibility index (Phi) is 6.64. The van der Waals surface area contributed by atoms with Crippen LogP contribution in [0, 0.1) is 0 Å². The van der Waals surface area contributed by atoms with Crippen LogP contribution in [0.1, 0.15) is 0 Å².